The zero-order chi connectivity index (χ0) is 13.4. The molecule has 0 radical (unpaired) electrons. The van der Waals surface area contributed by atoms with Crippen LogP contribution >= 0.6 is 0 Å². The second-order valence-electron chi connectivity index (χ2n) is 6.46. The lowest BCUT2D eigenvalue weighted by atomic mass is 9.47. The Morgan fingerprint density at radius 1 is 0.889 bits per heavy atom. The lowest BCUT2D eigenvalue weighted by Gasteiger charge is -2.61. The topological polar surface area (TPSA) is 0 Å². The van der Waals surface area contributed by atoms with Crippen LogP contribution in [0.5, 0.6) is 0 Å². The van der Waals surface area contributed by atoms with Crippen molar-refractivity contribution >= 4 is 0 Å². The highest BCUT2D eigenvalue weighted by atomic mass is 19.4. The second kappa shape index (κ2) is 3.18. The Labute approximate surface area is 101 Å². The van der Waals surface area contributed by atoms with Crippen LogP contribution < -0.4 is 0 Å². The van der Waals surface area contributed by atoms with Crippen molar-refractivity contribution < 1.29 is 26.3 Å². The minimum absolute atomic E-state index is 0.120. The van der Waals surface area contributed by atoms with Crippen molar-refractivity contribution in [3.05, 3.63) is 0 Å². The average Bonchev–Trinajstić information content (AvgIpc) is 2.04. The Balaban J connectivity index is 1.92. The van der Waals surface area contributed by atoms with Crippen LogP contribution in [0, 0.1) is 11.8 Å². The lowest BCUT2D eigenvalue weighted by molar-refractivity contribution is -0.241. The first-order valence-electron chi connectivity index (χ1n) is 6.16. The molecule has 0 aromatic heterocycles. The van der Waals surface area contributed by atoms with Gasteiger partial charge in [0.15, 0.2) is 0 Å². The quantitative estimate of drug-likeness (QED) is 0.625. The van der Waals surface area contributed by atoms with E-state index in [-0.39, 0.29) is 19.3 Å². The van der Waals surface area contributed by atoms with Crippen LogP contribution in [-0.4, -0.2) is 23.2 Å². The van der Waals surface area contributed by atoms with Gasteiger partial charge in [0.2, 0.25) is 0 Å². The fraction of sp³-hybridized carbons (Fsp3) is 1.00. The maximum atomic E-state index is 14.6. The molecule has 4 rings (SSSR count). The van der Waals surface area contributed by atoms with Crippen molar-refractivity contribution in [3.63, 3.8) is 0 Å². The second-order valence-corrected chi connectivity index (χ2v) is 6.46. The van der Waals surface area contributed by atoms with Gasteiger partial charge in [-0.25, -0.2) is 13.2 Å². The van der Waals surface area contributed by atoms with Crippen molar-refractivity contribution in [1.29, 1.82) is 0 Å². The van der Waals surface area contributed by atoms with E-state index in [1.54, 1.807) is 0 Å². The molecule has 6 heteroatoms. The van der Waals surface area contributed by atoms with E-state index >= 15 is 0 Å². The summed E-state index contributed by atoms with van der Waals surface area (Å²) in [6, 6.07) is 0. The fourth-order valence-electron chi connectivity index (χ4n) is 4.68. The highest BCUT2D eigenvalue weighted by molar-refractivity contribution is 5.19. The Hall–Kier alpha value is -0.420. The van der Waals surface area contributed by atoms with E-state index < -0.39 is 54.3 Å². The fourth-order valence-corrected chi connectivity index (χ4v) is 4.68. The number of alkyl halides is 6. The molecule has 4 saturated carbocycles. The Morgan fingerprint density at radius 2 is 1.39 bits per heavy atom. The molecule has 104 valence electrons. The first kappa shape index (κ1) is 12.6. The third-order valence-corrected chi connectivity index (χ3v) is 4.80. The van der Waals surface area contributed by atoms with Crippen LogP contribution in [0.2, 0.25) is 0 Å². The molecule has 4 fully saturated rings. The standard InChI is InChI=1S/C12H14F6/c13-9-1-7-2-10(14,4-9)6-11(15,5-9)8(7)3-12(16,17)18/h7-8H,1-6H2/t7?,8-,9-,10+,11?/m1/s1. The maximum Gasteiger partial charge on any atom is 0.389 e. The first-order chi connectivity index (χ1) is 8.03. The van der Waals surface area contributed by atoms with Gasteiger partial charge in [0.05, 0.1) is 0 Å². The van der Waals surface area contributed by atoms with Crippen LogP contribution in [0.15, 0.2) is 0 Å². The van der Waals surface area contributed by atoms with Gasteiger partial charge >= 0.3 is 6.18 Å². The van der Waals surface area contributed by atoms with E-state index in [0.717, 1.165) is 0 Å². The number of halogens is 6. The van der Waals surface area contributed by atoms with Crippen molar-refractivity contribution in [2.24, 2.45) is 11.8 Å². The largest absolute Gasteiger partial charge is 0.389 e. The highest BCUT2D eigenvalue weighted by Gasteiger charge is 2.70. The third-order valence-electron chi connectivity index (χ3n) is 4.80. The molecule has 0 aliphatic heterocycles. The van der Waals surface area contributed by atoms with Gasteiger partial charge in [-0.05, 0) is 18.8 Å². The highest BCUT2D eigenvalue weighted by Crippen LogP contribution is 2.66. The van der Waals surface area contributed by atoms with E-state index in [2.05, 4.69) is 0 Å². The molecule has 0 saturated heterocycles. The van der Waals surface area contributed by atoms with Gasteiger partial charge in [0.1, 0.15) is 17.0 Å². The molecular formula is C12H14F6. The van der Waals surface area contributed by atoms with Crippen LogP contribution in [-0.2, 0) is 0 Å². The monoisotopic (exact) mass is 272 g/mol. The van der Waals surface area contributed by atoms with Crippen molar-refractivity contribution in [2.75, 3.05) is 0 Å². The summed E-state index contributed by atoms with van der Waals surface area (Å²) in [5.41, 5.74) is -6.20. The van der Waals surface area contributed by atoms with E-state index in [4.69, 9.17) is 0 Å². The zero-order valence-corrected chi connectivity index (χ0v) is 9.67. The Morgan fingerprint density at radius 3 is 1.78 bits per heavy atom. The Kier molecular flexibility index (Phi) is 2.23. The van der Waals surface area contributed by atoms with Gasteiger partial charge in [-0.15, -0.1) is 0 Å². The molecule has 4 aliphatic carbocycles. The van der Waals surface area contributed by atoms with Crippen LogP contribution in [0.1, 0.15) is 38.5 Å². The van der Waals surface area contributed by atoms with E-state index in [1.165, 1.54) is 0 Å². The van der Waals surface area contributed by atoms with E-state index in [0.29, 0.717) is 0 Å². The predicted molar refractivity (Wildman–Crippen MR) is 52.3 cm³/mol. The van der Waals surface area contributed by atoms with Crippen molar-refractivity contribution in [2.45, 2.75) is 61.7 Å². The summed E-state index contributed by atoms with van der Waals surface area (Å²) in [6.45, 7) is 0. The molecule has 0 spiro atoms. The predicted octanol–water partition coefficient (Wildman–Crippen LogP) is 4.29. The molecule has 0 heterocycles. The summed E-state index contributed by atoms with van der Waals surface area (Å²) in [7, 11) is 0. The molecule has 4 aliphatic rings. The summed E-state index contributed by atoms with van der Waals surface area (Å²) in [6.07, 6.45) is -7.46. The molecule has 0 aromatic rings. The number of hydrogen-bond donors (Lipinski definition) is 0. The van der Waals surface area contributed by atoms with Crippen LogP contribution in [0.3, 0.4) is 0 Å². The molecular weight excluding hydrogens is 258 g/mol. The smallest absolute Gasteiger partial charge is 0.244 e. The number of hydrogen-bond acceptors (Lipinski definition) is 0. The molecule has 0 aromatic carbocycles. The van der Waals surface area contributed by atoms with E-state index in [1.807, 2.05) is 0 Å². The van der Waals surface area contributed by atoms with Crippen molar-refractivity contribution in [1.82, 2.24) is 0 Å². The molecule has 0 amide bonds. The van der Waals surface area contributed by atoms with Gasteiger partial charge in [0.25, 0.3) is 0 Å². The van der Waals surface area contributed by atoms with Gasteiger partial charge < -0.3 is 0 Å². The number of rotatable bonds is 1. The van der Waals surface area contributed by atoms with Crippen LogP contribution in [0.4, 0.5) is 26.3 Å². The Bertz CT molecular complexity index is 357. The normalized spacial score (nSPS) is 55.0. The molecule has 0 N–H and O–H groups in total. The minimum Gasteiger partial charge on any atom is -0.244 e. The van der Waals surface area contributed by atoms with Gasteiger partial charge in [-0.3, -0.25) is 0 Å². The van der Waals surface area contributed by atoms with Gasteiger partial charge in [0, 0.05) is 31.6 Å². The summed E-state index contributed by atoms with van der Waals surface area (Å²) in [4.78, 5) is 0. The average molecular weight is 272 g/mol. The van der Waals surface area contributed by atoms with Crippen molar-refractivity contribution in [3.8, 4) is 0 Å². The molecule has 18 heavy (non-hydrogen) atoms. The SMILES string of the molecule is FC(F)(F)C[C@@H]1C2C[C@@]3(F)CC1(F)C[C@@](F)(C2)C3. The summed E-state index contributed by atoms with van der Waals surface area (Å²) < 4.78 is 80.4. The lowest BCUT2D eigenvalue weighted by Crippen LogP contribution is -2.66. The van der Waals surface area contributed by atoms with Gasteiger partial charge in [-0.1, -0.05) is 0 Å². The molecule has 0 nitrogen and oxygen atoms in total. The summed E-state index contributed by atoms with van der Waals surface area (Å²) in [5, 5.41) is 0. The molecule has 5 atom stereocenters. The molecule has 2 unspecified atom stereocenters. The zero-order valence-electron chi connectivity index (χ0n) is 9.67. The van der Waals surface area contributed by atoms with Gasteiger partial charge in [-0.2, -0.15) is 13.2 Å². The maximum absolute atomic E-state index is 14.6. The summed E-state index contributed by atoms with van der Waals surface area (Å²) in [5.74, 6) is -2.09. The first-order valence-corrected chi connectivity index (χ1v) is 6.16. The summed E-state index contributed by atoms with van der Waals surface area (Å²) >= 11 is 0. The van der Waals surface area contributed by atoms with E-state index in [9.17, 15) is 26.3 Å². The minimum atomic E-state index is -4.48. The van der Waals surface area contributed by atoms with Crippen LogP contribution in [0.25, 0.3) is 0 Å². The molecule has 4 bridgehead atoms. The third kappa shape index (κ3) is 1.83.